The first-order chi connectivity index (χ1) is 13.0. The van der Waals surface area contributed by atoms with Gasteiger partial charge in [-0.25, -0.2) is 9.78 Å². The lowest BCUT2D eigenvalue weighted by Gasteiger charge is -2.11. The zero-order valence-corrected chi connectivity index (χ0v) is 15.3. The van der Waals surface area contributed by atoms with Crippen LogP contribution in [0.4, 0.5) is 5.13 Å². The number of aromatic hydroxyl groups is 1. The van der Waals surface area contributed by atoms with Crippen LogP contribution in [0.5, 0.6) is 11.5 Å². The average molecular weight is 386 g/mol. The molecule has 0 aliphatic heterocycles. The number of ether oxygens (including phenoxy) is 2. The number of carbonyl (C=O) groups excluding carboxylic acids is 1. The lowest BCUT2D eigenvalue weighted by atomic mass is 10.2. The molecule has 0 spiro atoms. The van der Waals surface area contributed by atoms with Gasteiger partial charge >= 0.3 is 5.97 Å². The third-order valence-corrected chi connectivity index (χ3v) is 4.52. The van der Waals surface area contributed by atoms with Crippen molar-refractivity contribution >= 4 is 38.7 Å². The Kier molecular flexibility index (Phi) is 5.90. The molecule has 0 radical (unpaired) electrons. The highest BCUT2D eigenvalue weighted by Gasteiger charge is 2.11. The molecule has 0 saturated carbocycles. The van der Waals surface area contributed by atoms with Gasteiger partial charge in [-0.15, -0.1) is 0 Å². The van der Waals surface area contributed by atoms with E-state index >= 15 is 0 Å². The standard InChI is InChI=1S/C19H18N2O5S/c1-25-14-7-8-15-16(10-14)27-19(20-15)21-17(23)11-26-18(24)9-4-12-2-5-13(22)6-3-12/h2-10,17,22-23H,11H2,1H3,(H,20,21)/b9-4+. The molecule has 140 valence electrons. The number of benzene rings is 2. The topological polar surface area (TPSA) is 101 Å². The van der Waals surface area contributed by atoms with Gasteiger partial charge in [-0.05, 0) is 42.0 Å². The van der Waals surface area contributed by atoms with E-state index in [-0.39, 0.29) is 12.4 Å². The van der Waals surface area contributed by atoms with Crippen molar-refractivity contribution in [1.82, 2.24) is 4.98 Å². The first-order valence-electron chi connectivity index (χ1n) is 8.06. The molecule has 7 nitrogen and oxygen atoms in total. The molecule has 1 aromatic heterocycles. The van der Waals surface area contributed by atoms with Crippen molar-refractivity contribution in [3.8, 4) is 11.5 Å². The number of nitrogens with one attached hydrogen (secondary N) is 1. The number of hydrogen-bond donors (Lipinski definition) is 3. The van der Waals surface area contributed by atoms with Gasteiger partial charge in [-0.2, -0.15) is 0 Å². The first-order valence-corrected chi connectivity index (χ1v) is 8.88. The van der Waals surface area contributed by atoms with Gasteiger partial charge in [-0.1, -0.05) is 23.5 Å². The lowest BCUT2D eigenvalue weighted by molar-refractivity contribution is -0.140. The van der Waals surface area contributed by atoms with E-state index in [0.717, 1.165) is 21.5 Å². The van der Waals surface area contributed by atoms with Crippen molar-refractivity contribution in [1.29, 1.82) is 0 Å². The van der Waals surface area contributed by atoms with E-state index in [2.05, 4.69) is 10.3 Å². The van der Waals surface area contributed by atoms with Crippen LogP contribution < -0.4 is 10.1 Å². The highest BCUT2D eigenvalue weighted by molar-refractivity contribution is 7.22. The van der Waals surface area contributed by atoms with Crippen LogP contribution in [0.2, 0.25) is 0 Å². The number of rotatable bonds is 7. The van der Waals surface area contributed by atoms with Crippen LogP contribution in [0.1, 0.15) is 5.56 Å². The quantitative estimate of drug-likeness (QED) is 0.326. The molecule has 0 saturated heterocycles. The second-order valence-electron chi connectivity index (χ2n) is 5.57. The second-order valence-corrected chi connectivity index (χ2v) is 6.60. The van der Waals surface area contributed by atoms with Gasteiger partial charge in [0, 0.05) is 6.08 Å². The maximum Gasteiger partial charge on any atom is 0.330 e. The number of phenolic OH excluding ortho intramolecular Hbond substituents is 1. The maximum absolute atomic E-state index is 11.7. The number of aliphatic hydroxyl groups excluding tert-OH is 1. The number of carbonyl (C=O) groups is 1. The number of nitrogens with zero attached hydrogens (tertiary/aromatic N) is 1. The number of aromatic nitrogens is 1. The molecule has 3 aromatic rings. The minimum Gasteiger partial charge on any atom is -0.508 e. The third-order valence-electron chi connectivity index (χ3n) is 3.57. The van der Waals surface area contributed by atoms with E-state index in [1.807, 2.05) is 18.2 Å². The molecule has 27 heavy (non-hydrogen) atoms. The summed E-state index contributed by atoms with van der Waals surface area (Å²) < 4.78 is 11.1. The second kappa shape index (κ2) is 8.52. The molecule has 1 unspecified atom stereocenters. The van der Waals surface area contributed by atoms with E-state index in [1.54, 1.807) is 25.3 Å². The molecule has 1 atom stereocenters. The fourth-order valence-corrected chi connectivity index (χ4v) is 3.18. The normalized spacial score (nSPS) is 12.2. The minimum atomic E-state index is -1.08. The molecular formula is C19H18N2O5S. The predicted molar refractivity (Wildman–Crippen MR) is 104 cm³/mol. The summed E-state index contributed by atoms with van der Waals surface area (Å²) in [5.74, 6) is 0.294. The number of anilines is 1. The van der Waals surface area contributed by atoms with Gasteiger partial charge in [0.05, 0.1) is 17.3 Å². The highest BCUT2D eigenvalue weighted by atomic mass is 32.1. The van der Waals surface area contributed by atoms with E-state index in [0.29, 0.717) is 5.13 Å². The Bertz CT molecular complexity index is 952. The summed E-state index contributed by atoms with van der Waals surface area (Å²) in [6.45, 7) is -0.224. The van der Waals surface area contributed by atoms with Gasteiger partial charge in [0.1, 0.15) is 18.1 Å². The molecule has 0 amide bonds. The van der Waals surface area contributed by atoms with E-state index in [4.69, 9.17) is 9.47 Å². The maximum atomic E-state index is 11.7. The summed E-state index contributed by atoms with van der Waals surface area (Å²) in [6, 6.07) is 11.9. The average Bonchev–Trinajstić information content (AvgIpc) is 3.07. The smallest absolute Gasteiger partial charge is 0.330 e. The minimum absolute atomic E-state index is 0.150. The molecule has 8 heteroatoms. The van der Waals surface area contributed by atoms with Crippen molar-refractivity contribution in [2.24, 2.45) is 0 Å². The molecular weight excluding hydrogens is 368 g/mol. The summed E-state index contributed by atoms with van der Waals surface area (Å²) in [4.78, 5) is 16.1. The van der Waals surface area contributed by atoms with Crippen molar-refractivity contribution in [2.45, 2.75) is 6.23 Å². The van der Waals surface area contributed by atoms with Gasteiger partial charge in [0.15, 0.2) is 11.4 Å². The van der Waals surface area contributed by atoms with E-state index in [9.17, 15) is 15.0 Å². The number of phenols is 1. The molecule has 2 aromatic carbocycles. The largest absolute Gasteiger partial charge is 0.508 e. The van der Waals surface area contributed by atoms with E-state index < -0.39 is 12.2 Å². The Labute approximate surface area is 159 Å². The number of esters is 1. The van der Waals surface area contributed by atoms with Crippen molar-refractivity contribution in [3.05, 3.63) is 54.1 Å². The molecule has 1 heterocycles. The number of thiazole rings is 1. The van der Waals surface area contributed by atoms with Crippen LogP contribution in [0.15, 0.2) is 48.5 Å². The van der Waals surface area contributed by atoms with Crippen LogP contribution in [0, 0.1) is 0 Å². The lowest BCUT2D eigenvalue weighted by Crippen LogP contribution is -2.26. The molecule has 3 rings (SSSR count). The summed E-state index contributed by atoms with van der Waals surface area (Å²) in [7, 11) is 1.59. The van der Waals surface area contributed by atoms with Crippen molar-refractivity contribution < 1.29 is 24.5 Å². The Morgan fingerprint density at radius 2 is 2.07 bits per heavy atom. The molecule has 3 N–H and O–H groups in total. The van der Waals surface area contributed by atoms with Gasteiger partial charge in [0.25, 0.3) is 0 Å². The summed E-state index contributed by atoms with van der Waals surface area (Å²) in [5.41, 5.74) is 1.53. The van der Waals surface area contributed by atoms with Crippen molar-refractivity contribution in [2.75, 3.05) is 19.0 Å². The Morgan fingerprint density at radius 1 is 1.30 bits per heavy atom. The van der Waals surface area contributed by atoms with Gasteiger partial charge in [0.2, 0.25) is 0 Å². The molecule has 0 aliphatic rings. The Balaban J connectivity index is 1.51. The van der Waals surface area contributed by atoms with Crippen LogP contribution in [0.3, 0.4) is 0 Å². The van der Waals surface area contributed by atoms with E-state index in [1.165, 1.54) is 29.5 Å². The fourth-order valence-electron chi connectivity index (χ4n) is 2.24. The molecule has 0 bridgehead atoms. The highest BCUT2D eigenvalue weighted by Crippen LogP contribution is 2.29. The number of fused-ring (bicyclic) bond motifs is 1. The van der Waals surface area contributed by atoms with Gasteiger partial charge < -0.3 is 25.0 Å². The van der Waals surface area contributed by atoms with Crippen LogP contribution in [0.25, 0.3) is 16.3 Å². The fraction of sp³-hybridized carbons (Fsp3) is 0.158. The monoisotopic (exact) mass is 386 g/mol. The Morgan fingerprint density at radius 3 is 2.81 bits per heavy atom. The van der Waals surface area contributed by atoms with Crippen LogP contribution in [-0.2, 0) is 9.53 Å². The van der Waals surface area contributed by atoms with Crippen LogP contribution >= 0.6 is 11.3 Å². The Hall–Kier alpha value is -3.10. The number of methoxy groups -OCH3 is 1. The third kappa shape index (κ3) is 5.19. The zero-order valence-electron chi connectivity index (χ0n) is 14.5. The van der Waals surface area contributed by atoms with Crippen molar-refractivity contribution in [3.63, 3.8) is 0 Å². The number of hydrogen-bond acceptors (Lipinski definition) is 8. The summed E-state index contributed by atoms with van der Waals surface area (Å²) in [6.07, 6.45) is 1.73. The van der Waals surface area contributed by atoms with Crippen LogP contribution in [-0.4, -0.2) is 41.1 Å². The first kappa shape index (κ1) is 18.7. The summed E-state index contributed by atoms with van der Waals surface area (Å²) >= 11 is 1.36. The zero-order chi connectivity index (χ0) is 19.2. The number of aliphatic hydroxyl groups is 1. The molecule has 0 fully saturated rings. The molecule has 0 aliphatic carbocycles. The SMILES string of the molecule is COc1ccc2nc(NC(O)COC(=O)/C=C/c3ccc(O)cc3)sc2c1. The van der Waals surface area contributed by atoms with Gasteiger partial charge in [-0.3, -0.25) is 0 Å². The summed E-state index contributed by atoms with van der Waals surface area (Å²) in [5, 5.41) is 22.5. The predicted octanol–water partition coefficient (Wildman–Crippen LogP) is 3.00.